The molecule has 1 atom stereocenters. The van der Waals surface area contributed by atoms with Crippen molar-refractivity contribution in [3.05, 3.63) is 118 Å². The highest BCUT2D eigenvalue weighted by atomic mass is 16.4. The van der Waals surface area contributed by atoms with Gasteiger partial charge in [0.1, 0.15) is 0 Å². The van der Waals surface area contributed by atoms with E-state index in [0.29, 0.717) is 11.1 Å². The second-order valence-corrected chi connectivity index (χ2v) is 9.07. The predicted octanol–water partition coefficient (Wildman–Crippen LogP) is 6.18. The number of aryl methyl sites for hydroxylation is 1. The first kappa shape index (κ1) is 23.2. The average molecular weight is 478 g/mol. The van der Waals surface area contributed by atoms with Crippen LogP contribution in [0, 0.1) is 6.92 Å². The Labute approximate surface area is 209 Å². The number of pyridine rings is 1. The number of benzene rings is 3. The molecule has 0 saturated carbocycles. The number of carboxylic acid groups (broad SMARTS) is 1. The molecule has 2 N–H and O–H groups in total. The Morgan fingerprint density at radius 1 is 0.944 bits per heavy atom. The first-order valence-electron chi connectivity index (χ1n) is 11.8. The number of fused-ring (bicyclic) bond motifs is 1. The minimum Gasteiger partial charge on any atom is -0.478 e. The van der Waals surface area contributed by atoms with Gasteiger partial charge in [-0.15, -0.1) is 0 Å². The van der Waals surface area contributed by atoms with Crippen molar-refractivity contribution in [3.8, 4) is 16.9 Å². The van der Waals surface area contributed by atoms with Crippen LogP contribution in [0.2, 0.25) is 0 Å². The first-order chi connectivity index (χ1) is 17.3. The molecule has 180 valence electrons. The fraction of sp³-hybridized carbons (Fsp3) is 0.133. The lowest BCUT2D eigenvalue weighted by molar-refractivity contribution is 0.0698. The molecule has 0 radical (unpaired) electrons. The molecule has 36 heavy (non-hydrogen) atoms. The van der Waals surface area contributed by atoms with Crippen LogP contribution in [0.25, 0.3) is 27.7 Å². The van der Waals surface area contributed by atoms with E-state index in [4.69, 9.17) is 0 Å². The van der Waals surface area contributed by atoms with E-state index in [1.54, 1.807) is 35.9 Å². The Morgan fingerprint density at radius 3 is 2.42 bits per heavy atom. The number of hydrogen-bond acceptors (Lipinski definition) is 3. The molecule has 0 bridgehead atoms. The summed E-state index contributed by atoms with van der Waals surface area (Å²) in [5, 5.41) is 14.4. The zero-order valence-electron chi connectivity index (χ0n) is 20.4. The first-order valence-corrected chi connectivity index (χ1v) is 11.8. The molecular formula is C30H27N3O3. The van der Waals surface area contributed by atoms with E-state index in [1.165, 1.54) is 0 Å². The van der Waals surface area contributed by atoms with Crippen molar-refractivity contribution >= 4 is 22.4 Å². The zero-order chi connectivity index (χ0) is 25.4. The molecule has 0 saturated heterocycles. The van der Waals surface area contributed by atoms with Gasteiger partial charge in [0.05, 0.1) is 11.3 Å². The fourth-order valence-electron chi connectivity index (χ4n) is 4.74. The van der Waals surface area contributed by atoms with Gasteiger partial charge in [-0.05, 0) is 72.8 Å². The van der Waals surface area contributed by atoms with Crippen molar-refractivity contribution in [1.82, 2.24) is 9.13 Å². The average Bonchev–Trinajstić information content (AvgIpc) is 3.37. The minimum atomic E-state index is -0.988. The second kappa shape index (κ2) is 9.23. The molecule has 0 aliphatic carbocycles. The highest BCUT2D eigenvalue weighted by Crippen LogP contribution is 2.31. The van der Waals surface area contributed by atoms with Crippen LogP contribution in [-0.2, 0) is 7.05 Å². The smallest absolute Gasteiger partial charge is 0.337 e. The lowest BCUT2D eigenvalue weighted by Gasteiger charge is -2.21. The van der Waals surface area contributed by atoms with Crippen LogP contribution >= 0.6 is 0 Å². The van der Waals surface area contributed by atoms with Gasteiger partial charge in [-0.2, -0.15) is 0 Å². The summed E-state index contributed by atoms with van der Waals surface area (Å²) in [5.41, 5.74) is 5.37. The molecule has 5 aromatic rings. The number of rotatable bonds is 6. The number of anilines is 1. The Balaban J connectivity index is 1.63. The Morgan fingerprint density at radius 2 is 1.67 bits per heavy atom. The van der Waals surface area contributed by atoms with Crippen LogP contribution < -0.4 is 10.9 Å². The number of aromatic nitrogens is 2. The minimum absolute atomic E-state index is 0.0713. The number of nitrogens with one attached hydrogen (secondary N) is 1. The van der Waals surface area contributed by atoms with E-state index < -0.39 is 5.97 Å². The van der Waals surface area contributed by atoms with Gasteiger partial charge in [-0.25, -0.2) is 4.79 Å². The van der Waals surface area contributed by atoms with E-state index in [1.807, 2.05) is 73.3 Å². The molecule has 2 aromatic heterocycles. The normalized spacial score (nSPS) is 12.0. The van der Waals surface area contributed by atoms with E-state index in [0.717, 1.165) is 33.5 Å². The third-order valence-corrected chi connectivity index (χ3v) is 6.57. The predicted molar refractivity (Wildman–Crippen MR) is 144 cm³/mol. The van der Waals surface area contributed by atoms with E-state index >= 15 is 0 Å². The standard InChI is InChI=1S/C30H27N3O3/c1-19-15-24(20(2)31-27-12-8-7-11-23(27)30(35)36)25-17-28(32(3)29(34)26(25)16-19)21-13-14-33(18-21)22-9-5-4-6-10-22/h4-18,20,31H,1-3H3,(H,35,36). The molecule has 0 amide bonds. The largest absolute Gasteiger partial charge is 0.478 e. The van der Waals surface area contributed by atoms with E-state index in [9.17, 15) is 14.7 Å². The Bertz CT molecular complexity index is 1650. The number of carbonyl (C=O) groups is 1. The number of hydrogen-bond donors (Lipinski definition) is 2. The molecule has 2 heterocycles. The highest BCUT2D eigenvalue weighted by Gasteiger charge is 2.18. The van der Waals surface area contributed by atoms with Crippen LogP contribution in [0.15, 0.2) is 96.1 Å². The van der Waals surface area contributed by atoms with Crippen molar-refractivity contribution in [3.63, 3.8) is 0 Å². The van der Waals surface area contributed by atoms with Gasteiger partial charge in [0, 0.05) is 47.8 Å². The highest BCUT2D eigenvalue weighted by molar-refractivity contribution is 5.94. The van der Waals surface area contributed by atoms with Crippen molar-refractivity contribution in [2.24, 2.45) is 7.05 Å². The molecule has 0 fully saturated rings. The summed E-state index contributed by atoms with van der Waals surface area (Å²) in [4.78, 5) is 25.2. The molecule has 0 aliphatic heterocycles. The van der Waals surface area contributed by atoms with Gasteiger partial charge in [0.25, 0.3) is 5.56 Å². The Kier molecular flexibility index (Phi) is 5.94. The van der Waals surface area contributed by atoms with Crippen LogP contribution in [0.1, 0.15) is 34.5 Å². The maximum absolute atomic E-state index is 13.5. The molecule has 0 spiro atoms. The molecule has 6 heteroatoms. The van der Waals surface area contributed by atoms with Gasteiger partial charge in [-0.3, -0.25) is 4.79 Å². The summed E-state index contributed by atoms with van der Waals surface area (Å²) < 4.78 is 3.72. The Hall–Kier alpha value is -4.58. The summed E-state index contributed by atoms with van der Waals surface area (Å²) in [6, 6.07) is 24.7. The summed E-state index contributed by atoms with van der Waals surface area (Å²) in [6.45, 7) is 3.95. The second-order valence-electron chi connectivity index (χ2n) is 9.07. The van der Waals surface area contributed by atoms with Crippen molar-refractivity contribution in [1.29, 1.82) is 0 Å². The molecule has 5 rings (SSSR count). The van der Waals surface area contributed by atoms with Crippen molar-refractivity contribution < 1.29 is 9.90 Å². The third kappa shape index (κ3) is 4.18. The van der Waals surface area contributed by atoms with Crippen LogP contribution in [0.5, 0.6) is 0 Å². The third-order valence-electron chi connectivity index (χ3n) is 6.57. The molecule has 3 aromatic carbocycles. The summed E-state index contributed by atoms with van der Waals surface area (Å²) in [7, 11) is 1.80. The topological polar surface area (TPSA) is 76.3 Å². The van der Waals surface area contributed by atoms with Gasteiger partial charge >= 0.3 is 5.97 Å². The lowest BCUT2D eigenvalue weighted by Crippen LogP contribution is -2.20. The number of nitrogens with zero attached hydrogens (tertiary/aromatic N) is 2. The van der Waals surface area contributed by atoms with Crippen LogP contribution in [-0.4, -0.2) is 20.2 Å². The van der Waals surface area contributed by atoms with Crippen molar-refractivity contribution in [2.75, 3.05) is 5.32 Å². The number of para-hydroxylation sites is 2. The van der Waals surface area contributed by atoms with Gasteiger partial charge < -0.3 is 19.6 Å². The van der Waals surface area contributed by atoms with Crippen LogP contribution in [0.4, 0.5) is 5.69 Å². The molecular weight excluding hydrogens is 450 g/mol. The van der Waals surface area contributed by atoms with Gasteiger partial charge in [-0.1, -0.05) is 36.4 Å². The maximum atomic E-state index is 13.5. The summed E-state index contributed by atoms with van der Waals surface area (Å²) in [5.74, 6) is -0.988. The monoisotopic (exact) mass is 477 g/mol. The number of aromatic carboxylic acids is 1. The molecule has 1 unspecified atom stereocenters. The van der Waals surface area contributed by atoms with Gasteiger partial charge in [0.2, 0.25) is 0 Å². The van der Waals surface area contributed by atoms with Crippen molar-refractivity contribution in [2.45, 2.75) is 19.9 Å². The van der Waals surface area contributed by atoms with Gasteiger partial charge in [0.15, 0.2) is 0 Å². The zero-order valence-corrected chi connectivity index (χ0v) is 20.4. The fourth-order valence-corrected chi connectivity index (χ4v) is 4.74. The molecule has 6 nitrogen and oxygen atoms in total. The lowest BCUT2D eigenvalue weighted by atomic mass is 9.96. The van der Waals surface area contributed by atoms with Crippen LogP contribution in [0.3, 0.4) is 0 Å². The van der Waals surface area contributed by atoms with E-state index in [2.05, 4.69) is 17.4 Å². The molecule has 0 aliphatic rings. The summed E-state index contributed by atoms with van der Waals surface area (Å²) in [6.07, 6.45) is 4.01. The van der Waals surface area contributed by atoms with E-state index in [-0.39, 0.29) is 17.2 Å². The quantitative estimate of drug-likeness (QED) is 0.306. The summed E-state index contributed by atoms with van der Waals surface area (Å²) >= 11 is 0. The SMILES string of the molecule is Cc1cc(C(C)Nc2ccccc2C(=O)O)c2cc(-c3ccn(-c4ccccc4)c3)n(C)c(=O)c2c1. The number of carboxylic acids is 1. The maximum Gasteiger partial charge on any atom is 0.337 e.